The van der Waals surface area contributed by atoms with Crippen molar-refractivity contribution in [1.29, 1.82) is 0 Å². The van der Waals surface area contributed by atoms with E-state index in [1.54, 1.807) is 6.07 Å². The summed E-state index contributed by atoms with van der Waals surface area (Å²) in [5, 5.41) is 21.8. The van der Waals surface area contributed by atoms with Gasteiger partial charge in [-0.15, -0.1) is 10.2 Å². The number of anilines is 1. The molecule has 0 unspecified atom stereocenters. The van der Waals surface area contributed by atoms with Gasteiger partial charge in [0.2, 0.25) is 0 Å². The van der Waals surface area contributed by atoms with E-state index in [0.29, 0.717) is 12.4 Å². The normalized spacial score (nSPS) is 10.5. The van der Waals surface area contributed by atoms with E-state index in [-0.39, 0.29) is 5.69 Å². The highest BCUT2D eigenvalue weighted by atomic mass is 16.4. The third kappa shape index (κ3) is 2.81. The molecule has 2 aromatic carbocycles. The highest BCUT2D eigenvalue weighted by molar-refractivity contribution is 5.86. The topological polar surface area (TPSA) is 75.1 Å². The summed E-state index contributed by atoms with van der Waals surface area (Å²) in [6.45, 7) is 0.600. The van der Waals surface area contributed by atoms with E-state index in [0.717, 1.165) is 5.56 Å². The fourth-order valence-electron chi connectivity index (χ4n) is 2.17. The van der Waals surface area contributed by atoms with Crippen LogP contribution in [0.4, 0.5) is 5.82 Å². The van der Waals surface area contributed by atoms with Gasteiger partial charge in [-0.2, -0.15) is 0 Å². The zero-order chi connectivity index (χ0) is 14.7. The van der Waals surface area contributed by atoms with E-state index < -0.39 is 5.97 Å². The highest BCUT2D eigenvalue weighted by Crippen LogP contribution is 2.19. The number of aromatic carboxylic acids is 1. The first-order valence-electron chi connectivity index (χ1n) is 6.51. The maximum absolute atomic E-state index is 10.7. The minimum atomic E-state index is -1.08. The van der Waals surface area contributed by atoms with E-state index >= 15 is 0 Å². The van der Waals surface area contributed by atoms with E-state index in [2.05, 4.69) is 33.7 Å². The Morgan fingerprint density at radius 3 is 2.57 bits per heavy atom. The molecule has 0 amide bonds. The number of aromatic nitrogens is 2. The molecule has 0 saturated heterocycles. The Kier molecular flexibility index (Phi) is 3.47. The van der Waals surface area contributed by atoms with Crippen molar-refractivity contribution < 1.29 is 9.90 Å². The van der Waals surface area contributed by atoms with Crippen LogP contribution in [0, 0.1) is 0 Å². The molecular weight excluding hydrogens is 266 g/mol. The molecular formula is C16H13N3O2. The zero-order valence-corrected chi connectivity index (χ0v) is 11.2. The standard InChI is InChI=1S/C16H13N3O2/c20-16(21)14-8-9-15(19-18-14)17-10-12-6-3-5-11-4-1-2-7-13(11)12/h1-9H,10H2,(H,17,19)(H,20,21). The summed E-state index contributed by atoms with van der Waals surface area (Å²) in [7, 11) is 0. The molecule has 0 aliphatic carbocycles. The van der Waals surface area contributed by atoms with Crippen molar-refractivity contribution >= 4 is 22.6 Å². The van der Waals surface area contributed by atoms with E-state index in [9.17, 15) is 4.79 Å². The van der Waals surface area contributed by atoms with Crippen molar-refractivity contribution in [2.24, 2.45) is 0 Å². The smallest absolute Gasteiger partial charge is 0.356 e. The monoisotopic (exact) mass is 279 g/mol. The van der Waals surface area contributed by atoms with Crippen LogP contribution in [0.1, 0.15) is 16.1 Å². The van der Waals surface area contributed by atoms with Gasteiger partial charge in [0.1, 0.15) is 5.82 Å². The van der Waals surface area contributed by atoms with Crippen molar-refractivity contribution in [3.05, 3.63) is 65.9 Å². The molecule has 104 valence electrons. The van der Waals surface area contributed by atoms with Crippen LogP contribution < -0.4 is 5.32 Å². The van der Waals surface area contributed by atoms with Gasteiger partial charge in [0.15, 0.2) is 5.69 Å². The SMILES string of the molecule is O=C(O)c1ccc(NCc2cccc3ccccc23)nn1. The second-order valence-corrected chi connectivity index (χ2v) is 4.60. The van der Waals surface area contributed by atoms with Crippen LogP contribution in [0.5, 0.6) is 0 Å². The number of carboxylic acid groups (broad SMARTS) is 1. The van der Waals surface area contributed by atoms with E-state index in [4.69, 9.17) is 5.11 Å². The van der Waals surface area contributed by atoms with Crippen molar-refractivity contribution in [3.8, 4) is 0 Å². The van der Waals surface area contributed by atoms with Gasteiger partial charge in [0, 0.05) is 6.54 Å². The number of hydrogen-bond acceptors (Lipinski definition) is 4. The summed E-state index contributed by atoms with van der Waals surface area (Å²) < 4.78 is 0. The number of carboxylic acids is 1. The van der Waals surface area contributed by atoms with Crippen molar-refractivity contribution in [1.82, 2.24) is 10.2 Å². The molecule has 3 rings (SSSR count). The average molecular weight is 279 g/mol. The Bertz CT molecular complexity index is 780. The van der Waals surface area contributed by atoms with Gasteiger partial charge in [-0.25, -0.2) is 4.79 Å². The number of rotatable bonds is 4. The van der Waals surface area contributed by atoms with Gasteiger partial charge in [0.25, 0.3) is 0 Å². The van der Waals surface area contributed by atoms with Gasteiger partial charge in [-0.05, 0) is 28.5 Å². The van der Waals surface area contributed by atoms with Crippen molar-refractivity contribution in [2.75, 3.05) is 5.32 Å². The molecule has 0 fully saturated rings. The first-order valence-corrected chi connectivity index (χ1v) is 6.51. The van der Waals surface area contributed by atoms with Crippen molar-refractivity contribution in [3.63, 3.8) is 0 Å². The maximum Gasteiger partial charge on any atom is 0.356 e. The molecule has 0 bridgehead atoms. The summed E-state index contributed by atoms with van der Waals surface area (Å²) in [4.78, 5) is 10.7. The summed E-state index contributed by atoms with van der Waals surface area (Å²) in [5.41, 5.74) is 1.09. The predicted molar refractivity (Wildman–Crippen MR) is 80.3 cm³/mol. The fraction of sp³-hybridized carbons (Fsp3) is 0.0625. The molecule has 0 radical (unpaired) electrons. The Labute approximate surface area is 121 Å². The molecule has 0 saturated carbocycles. The number of nitrogens with zero attached hydrogens (tertiary/aromatic N) is 2. The largest absolute Gasteiger partial charge is 0.476 e. The van der Waals surface area contributed by atoms with Crippen LogP contribution in [-0.4, -0.2) is 21.3 Å². The Hall–Kier alpha value is -2.95. The Morgan fingerprint density at radius 1 is 1.00 bits per heavy atom. The summed E-state index contributed by atoms with van der Waals surface area (Å²) in [6.07, 6.45) is 0. The molecule has 0 atom stereocenters. The van der Waals surface area contributed by atoms with Gasteiger partial charge in [0.05, 0.1) is 0 Å². The Balaban J connectivity index is 1.79. The number of hydrogen-bond donors (Lipinski definition) is 2. The lowest BCUT2D eigenvalue weighted by atomic mass is 10.0. The van der Waals surface area contributed by atoms with Gasteiger partial charge >= 0.3 is 5.97 Å². The van der Waals surface area contributed by atoms with Crippen LogP contribution in [0.15, 0.2) is 54.6 Å². The lowest BCUT2D eigenvalue weighted by Gasteiger charge is -2.08. The van der Waals surface area contributed by atoms with E-state index in [1.807, 2.05) is 24.3 Å². The molecule has 3 aromatic rings. The molecule has 5 heteroatoms. The number of benzene rings is 2. The lowest BCUT2D eigenvalue weighted by Crippen LogP contribution is -2.06. The number of nitrogens with one attached hydrogen (secondary N) is 1. The second kappa shape index (κ2) is 5.58. The first kappa shape index (κ1) is 13.1. The van der Waals surface area contributed by atoms with Crippen molar-refractivity contribution in [2.45, 2.75) is 6.54 Å². The molecule has 1 heterocycles. The van der Waals surface area contributed by atoms with E-state index in [1.165, 1.54) is 16.8 Å². The summed E-state index contributed by atoms with van der Waals surface area (Å²) >= 11 is 0. The molecule has 1 aromatic heterocycles. The van der Waals surface area contributed by atoms with Gasteiger partial charge in [-0.1, -0.05) is 42.5 Å². The van der Waals surface area contributed by atoms with Crippen LogP contribution in [0.2, 0.25) is 0 Å². The van der Waals surface area contributed by atoms with Gasteiger partial charge in [-0.3, -0.25) is 0 Å². The van der Waals surface area contributed by atoms with Gasteiger partial charge < -0.3 is 10.4 Å². The minimum Gasteiger partial charge on any atom is -0.476 e. The third-order valence-electron chi connectivity index (χ3n) is 3.22. The number of carbonyl (C=O) groups is 1. The molecule has 21 heavy (non-hydrogen) atoms. The summed E-state index contributed by atoms with van der Waals surface area (Å²) in [5.74, 6) is -0.531. The molecule has 0 spiro atoms. The first-order chi connectivity index (χ1) is 10.2. The second-order valence-electron chi connectivity index (χ2n) is 4.60. The number of fused-ring (bicyclic) bond motifs is 1. The average Bonchev–Trinajstić information content (AvgIpc) is 2.53. The lowest BCUT2D eigenvalue weighted by molar-refractivity contribution is 0.0689. The van der Waals surface area contributed by atoms with Crippen LogP contribution in [0.25, 0.3) is 10.8 Å². The molecule has 0 aliphatic heterocycles. The third-order valence-corrected chi connectivity index (χ3v) is 3.22. The van der Waals surface area contributed by atoms with Crippen LogP contribution >= 0.6 is 0 Å². The molecule has 0 aliphatic rings. The van der Waals surface area contributed by atoms with Crippen LogP contribution in [-0.2, 0) is 6.54 Å². The quantitative estimate of drug-likeness (QED) is 0.768. The maximum atomic E-state index is 10.7. The zero-order valence-electron chi connectivity index (χ0n) is 11.2. The summed E-state index contributed by atoms with van der Waals surface area (Å²) in [6, 6.07) is 17.3. The predicted octanol–water partition coefficient (Wildman–Crippen LogP) is 2.94. The minimum absolute atomic E-state index is 0.0642. The Morgan fingerprint density at radius 2 is 1.81 bits per heavy atom. The molecule has 5 nitrogen and oxygen atoms in total. The fourth-order valence-corrected chi connectivity index (χ4v) is 2.17. The van der Waals surface area contributed by atoms with Crippen LogP contribution in [0.3, 0.4) is 0 Å². The molecule has 2 N–H and O–H groups in total. The highest BCUT2D eigenvalue weighted by Gasteiger charge is 2.05.